The number of thiazole rings is 1. The van der Waals surface area contributed by atoms with Crippen LogP contribution in [-0.2, 0) is 6.61 Å². The lowest BCUT2D eigenvalue weighted by molar-refractivity contribution is 0.306. The molecule has 3 aromatic heterocycles. The van der Waals surface area contributed by atoms with Gasteiger partial charge in [0.25, 0.3) is 5.56 Å². The Bertz CT molecular complexity index is 2110. The smallest absolute Gasteiger partial charge is 0.274 e. The molecule has 0 unspecified atom stereocenters. The Hall–Kier alpha value is -4.72. The monoisotopic (exact) mass is 560 g/mol. The highest BCUT2D eigenvalue weighted by atomic mass is 35.5. The molecule has 0 N–H and O–H groups in total. The summed E-state index contributed by atoms with van der Waals surface area (Å²) in [6.07, 6.45) is 3.84. The summed E-state index contributed by atoms with van der Waals surface area (Å²) in [5.41, 5.74) is 5.78. The number of ether oxygens (including phenoxy) is 1. The van der Waals surface area contributed by atoms with Gasteiger partial charge in [-0.15, -0.1) is 0 Å². The molecule has 8 heteroatoms. The van der Waals surface area contributed by atoms with Crippen molar-refractivity contribution in [2.24, 2.45) is 0 Å². The second-order valence-electron chi connectivity index (χ2n) is 9.26. The molecule has 0 saturated carbocycles. The van der Waals surface area contributed by atoms with Crippen LogP contribution in [0.2, 0.25) is 5.02 Å². The number of hydrogen-bond donors (Lipinski definition) is 0. The van der Waals surface area contributed by atoms with E-state index in [1.165, 1.54) is 11.3 Å². The molecular weight excluding hydrogens is 540 g/mol. The lowest BCUT2D eigenvalue weighted by atomic mass is 10.1. The SMILES string of the molecule is O=c1c(=Cc2cn(-c3ccccc3)nc2-c2cccc(OCc3ccccc3Cl)c2)sc2nc3ccccc3n12. The zero-order valence-electron chi connectivity index (χ0n) is 21.1. The van der Waals surface area contributed by atoms with Crippen LogP contribution in [0.1, 0.15) is 11.1 Å². The van der Waals surface area contributed by atoms with E-state index < -0.39 is 0 Å². The third-order valence-corrected chi connectivity index (χ3v) is 7.99. The largest absolute Gasteiger partial charge is 0.489 e. The van der Waals surface area contributed by atoms with Crippen LogP contribution >= 0.6 is 22.9 Å². The van der Waals surface area contributed by atoms with E-state index >= 15 is 0 Å². The molecule has 194 valence electrons. The van der Waals surface area contributed by atoms with Crippen LogP contribution in [-0.4, -0.2) is 19.2 Å². The van der Waals surface area contributed by atoms with Crippen LogP contribution in [0.5, 0.6) is 5.75 Å². The zero-order chi connectivity index (χ0) is 27.1. The van der Waals surface area contributed by atoms with Gasteiger partial charge in [-0.3, -0.25) is 4.79 Å². The molecule has 40 heavy (non-hydrogen) atoms. The van der Waals surface area contributed by atoms with Gasteiger partial charge in [0.15, 0.2) is 4.96 Å². The molecule has 0 radical (unpaired) electrons. The van der Waals surface area contributed by atoms with Crippen LogP contribution in [0.15, 0.2) is 114 Å². The Morgan fingerprint density at radius 2 is 1.70 bits per heavy atom. The van der Waals surface area contributed by atoms with Crippen molar-refractivity contribution in [1.29, 1.82) is 0 Å². The summed E-state index contributed by atoms with van der Waals surface area (Å²) in [5.74, 6) is 0.697. The molecule has 0 amide bonds. The third kappa shape index (κ3) is 4.45. The Labute approximate surface area is 238 Å². The average molecular weight is 561 g/mol. The summed E-state index contributed by atoms with van der Waals surface area (Å²) < 4.78 is 10.2. The fourth-order valence-corrected chi connectivity index (χ4v) is 5.86. The van der Waals surface area contributed by atoms with Crippen molar-refractivity contribution in [3.05, 3.63) is 140 Å². The van der Waals surface area contributed by atoms with Crippen LogP contribution in [0.3, 0.4) is 0 Å². The van der Waals surface area contributed by atoms with Gasteiger partial charge in [-0.05, 0) is 48.5 Å². The number of benzene rings is 4. The molecule has 0 aliphatic rings. The first kappa shape index (κ1) is 24.3. The first-order valence-electron chi connectivity index (χ1n) is 12.7. The summed E-state index contributed by atoms with van der Waals surface area (Å²) in [6.45, 7) is 0.350. The van der Waals surface area contributed by atoms with Crippen molar-refractivity contribution in [3.8, 4) is 22.7 Å². The van der Waals surface area contributed by atoms with Gasteiger partial charge >= 0.3 is 0 Å². The molecule has 0 fully saturated rings. The van der Waals surface area contributed by atoms with Gasteiger partial charge in [-0.1, -0.05) is 83.6 Å². The second-order valence-corrected chi connectivity index (χ2v) is 10.7. The van der Waals surface area contributed by atoms with E-state index in [4.69, 9.17) is 21.4 Å². The Morgan fingerprint density at radius 3 is 2.58 bits per heavy atom. The van der Waals surface area contributed by atoms with E-state index in [0.717, 1.165) is 39.1 Å². The maximum absolute atomic E-state index is 13.5. The van der Waals surface area contributed by atoms with Crippen LogP contribution < -0.4 is 14.8 Å². The molecule has 0 bridgehead atoms. The van der Waals surface area contributed by atoms with Crippen LogP contribution in [0, 0.1) is 0 Å². The Kier molecular flexibility index (Phi) is 6.15. The number of rotatable bonds is 6. The maximum atomic E-state index is 13.5. The lowest BCUT2D eigenvalue weighted by Crippen LogP contribution is -2.22. The van der Waals surface area contributed by atoms with E-state index in [0.29, 0.717) is 26.9 Å². The standard InChI is InChI=1S/C32H21ClN4O2S/c33-26-14-5-4-9-22(26)20-39-25-13-8-10-21(17-25)30-23(19-36(35-30)24-11-2-1-3-12-24)18-29-31(38)37-28-16-7-6-15-27(28)34-32(37)40-29/h1-19H,20H2. The van der Waals surface area contributed by atoms with Gasteiger partial charge in [0.1, 0.15) is 18.1 Å². The van der Waals surface area contributed by atoms with Gasteiger partial charge in [-0.2, -0.15) is 5.10 Å². The highest BCUT2D eigenvalue weighted by Gasteiger charge is 2.15. The molecule has 0 aliphatic carbocycles. The molecule has 4 aromatic carbocycles. The van der Waals surface area contributed by atoms with Crippen molar-refractivity contribution in [2.75, 3.05) is 0 Å². The molecule has 3 heterocycles. The van der Waals surface area contributed by atoms with E-state index in [-0.39, 0.29) is 5.56 Å². The van der Waals surface area contributed by atoms with E-state index in [1.54, 1.807) is 4.40 Å². The normalized spacial score (nSPS) is 12.0. The zero-order valence-corrected chi connectivity index (χ0v) is 22.6. The van der Waals surface area contributed by atoms with Gasteiger partial charge in [0.2, 0.25) is 0 Å². The van der Waals surface area contributed by atoms with Gasteiger partial charge < -0.3 is 4.74 Å². The first-order chi connectivity index (χ1) is 19.6. The van der Waals surface area contributed by atoms with Crippen molar-refractivity contribution >= 4 is 45.0 Å². The predicted octanol–water partition coefficient (Wildman–Crippen LogP) is 6.54. The minimum absolute atomic E-state index is 0.0936. The predicted molar refractivity (Wildman–Crippen MR) is 160 cm³/mol. The van der Waals surface area contributed by atoms with Crippen molar-refractivity contribution in [3.63, 3.8) is 0 Å². The Morgan fingerprint density at radius 1 is 0.900 bits per heavy atom. The summed E-state index contributed by atoms with van der Waals surface area (Å²) in [7, 11) is 0. The van der Waals surface area contributed by atoms with Crippen molar-refractivity contribution in [1.82, 2.24) is 19.2 Å². The van der Waals surface area contributed by atoms with Crippen molar-refractivity contribution in [2.45, 2.75) is 6.61 Å². The highest BCUT2D eigenvalue weighted by Crippen LogP contribution is 2.28. The minimum Gasteiger partial charge on any atom is -0.489 e. The van der Waals surface area contributed by atoms with Gasteiger partial charge in [-0.25, -0.2) is 14.1 Å². The summed E-state index contributed by atoms with van der Waals surface area (Å²) >= 11 is 7.69. The fourth-order valence-electron chi connectivity index (χ4n) is 4.69. The van der Waals surface area contributed by atoms with E-state index in [9.17, 15) is 4.79 Å². The maximum Gasteiger partial charge on any atom is 0.274 e. The van der Waals surface area contributed by atoms with E-state index in [1.807, 2.05) is 120 Å². The van der Waals surface area contributed by atoms with Gasteiger partial charge in [0, 0.05) is 27.9 Å². The van der Waals surface area contributed by atoms with Gasteiger partial charge in [0.05, 0.1) is 21.3 Å². The van der Waals surface area contributed by atoms with Crippen molar-refractivity contribution < 1.29 is 4.74 Å². The number of nitrogens with zero attached hydrogens (tertiary/aromatic N) is 4. The second kappa shape index (κ2) is 10.1. The first-order valence-corrected chi connectivity index (χ1v) is 13.9. The number of para-hydroxylation sites is 3. The lowest BCUT2D eigenvalue weighted by Gasteiger charge is -2.09. The molecule has 7 aromatic rings. The van der Waals surface area contributed by atoms with E-state index in [2.05, 4.69) is 4.98 Å². The Balaban J connectivity index is 1.33. The molecule has 7 rings (SSSR count). The number of imidazole rings is 1. The third-order valence-electron chi connectivity index (χ3n) is 6.65. The summed E-state index contributed by atoms with van der Waals surface area (Å²) in [4.78, 5) is 18.8. The van der Waals surface area contributed by atoms with Crippen LogP contribution in [0.25, 0.3) is 39.0 Å². The summed E-state index contributed by atoms with van der Waals surface area (Å²) in [6, 6.07) is 33.0. The topological polar surface area (TPSA) is 61.4 Å². The molecule has 0 atom stereocenters. The summed E-state index contributed by atoms with van der Waals surface area (Å²) in [5, 5.41) is 5.60. The number of aromatic nitrogens is 4. The minimum atomic E-state index is -0.0936. The average Bonchev–Trinajstić information content (AvgIpc) is 3.66. The molecular formula is C32H21ClN4O2S. The van der Waals surface area contributed by atoms with Crippen LogP contribution in [0.4, 0.5) is 0 Å². The fraction of sp³-hybridized carbons (Fsp3) is 0.0312. The molecule has 0 aliphatic heterocycles. The quantitative estimate of drug-likeness (QED) is 0.232. The molecule has 0 saturated heterocycles. The number of halogens is 1. The number of fused-ring (bicyclic) bond motifs is 3. The number of hydrogen-bond acceptors (Lipinski definition) is 5. The molecule has 6 nitrogen and oxygen atoms in total. The highest BCUT2D eigenvalue weighted by molar-refractivity contribution is 7.15. The molecule has 0 spiro atoms.